The van der Waals surface area contributed by atoms with Crippen molar-refractivity contribution in [3.8, 4) is 0 Å². The second-order valence-electron chi connectivity index (χ2n) is 5.61. The summed E-state index contributed by atoms with van der Waals surface area (Å²) < 4.78 is 2.26. The first-order valence-electron chi connectivity index (χ1n) is 7.20. The topological polar surface area (TPSA) is 30.9 Å². The molecular weight excluding hydrogens is 280 g/mol. The summed E-state index contributed by atoms with van der Waals surface area (Å²) in [6.45, 7) is 2.88. The third-order valence-corrected chi connectivity index (χ3v) is 3.90. The number of fused-ring (bicyclic) bond motifs is 1. The molecule has 0 aliphatic rings. The van der Waals surface area contributed by atoms with Crippen LogP contribution in [0.3, 0.4) is 0 Å². The molecule has 1 aromatic heterocycles. The van der Waals surface area contributed by atoms with Crippen LogP contribution in [-0.2, 0) is 13.0 Å². The molecule has 0 radical (unpaired) electrons. The highest BCUT2D eigenvalue weighted by atomic mass is 35.5. The number of benzene rings is 2. The fourth-order valence-electron chi connectivity index (χ4n) is 2.76. The number of halogens is 1. The van der Waals surface area contributed by atoms with Gasteiger partial charge in [-0.05, 0) is 36.6 Å². The Balaban J connectivity index is 2.06. The summed E-state index contributed by atoms with van der Waals surface area (Å²) in [7, 11) is 0. The minimum atomic E-state index is 0.149. The monoisotopic (exact) mass is 298 g/mol. The van der Waals surface area contributed by atoms with E-state index in [2.05, 4.69) is 41.1 Å². The fourth-order valence-corrected chi connectivity index (χ4v) is 2.93. The Hall–Kier alpha value is -1.77. The van der Waals surface area contributed by atoms with E-state index in [9.17, 15) is 0 Å². The number of aromatic nitrogens is 1. The highest BCUT2D eigenvalue weighted by molar-refractivity contribution is 6.31. The van der Waals surface area contributed by atoms with Gasteiger partial charge in [0, 0.05) is 29.2 Å². The summed E-state index contributed by atoms with van der Waals surface area (Å²) in [5.41, 5.74) is 9.70. The van der Waals surface area contributed by atoms with E-state index >= 15 is 0 Å². The Morgan fingerprint density at radius 1 is 1.14 bits per heavy atom. The molecule has 2 nitrogen and oxygen atoms in total. The lowest BCUT2D eigenvalue weighted by Crippen LogP contribution is -2.17. The molecular formula is C18H19ClN2. The normalized spacial score (nSPS) is 12.7. The zero-order valence-corrected chi connectivity index (χ0v) is 12.8. The molecule has 0 fully saturated rings. The molecule has 0 aliphatic carbocycles. The van der Waals surface area contributed by atoms with Crippen LogP contribution in [0.25, 0.3) is 10.9 Å². The summed E-state index contributed by atoms with van der Waals surface area (Å²) in [6.07, 6.45) is 3.08. The molecule has 1 heterocycles. The van der Waals surface area contributed by atoms with Crippen LogP contribution in [0.15, 0.2) is 54.7 Å². The van der Waals surface area contributed by atoms with Crippen LogP contribution >= 0.6 is 11.6 Å². The van der Waals surface area contributed by atoms with Crippen LogP contribution in [-0.4, -0.2) is 10.6 Å². The lowest BCUT2D eigenvalue weighted by Gasteiger charge is -2.05. The quantitative estimate of drug-likeness (QED) is 0.767. The molecule has 0 amide bonds. The van der Waals surface area contributed by atoms with Crippen molar-refractivity contribution in [2.45, 2.75) is 25.9 Å². The van der Waals surface area contributed by atoms with Crippen LogP contribution in [0, 0.1) is 0 Å². The van der Waals surface area contributed by atoms with E-state index < -0.39 is 0 Å². The number of nitrogens with two attached hydrogens (primary N) is 1. The maximum atomic E-state index is 6.17. The van der Waals surface area contributed by atoms with Gasteiger partial charge in [-0.2, -0.15) is 0 Å². The second kappa shape index (κ2) is 5.92. The van der Waals surface area contributed by atoms with E-state index in [-0.39, 0.29) is 6.04 Å². The Morgan fingerprint density at radius 2 is 1.90 bits per heavy atom. The Bertz CT molecular complexity index is 745. The zero-order chi connectivity index (χ0) is 14.8. The van der Waals surface area contributed by atoms with Gasteiger partial charge < -0.3 is 10.3 Å². The zero-order valence-electron chi connectivity index (χ0n) is 12.1. The molecule has 3 heteroatoms. The molecule has 0 spiro atoms. The average Bonchev–Trinajstić information content (AvgIpc) is 2.76. The van der Waals surface area contributed by atoms with Gasteiger partial charge in [0.05, 0.1) is 5.52 Å². The predicted octanol–water partition coefficient (Wildman–Crippen LogP) is 4.23. The van der Waals surface area contributed by atoms with Gasteiger partial charge in [-0.25, -0.2) is 0 Å². The van der Waals surface area contributed by atoms with E-state index in [0.717, 1.165) is 18.0 Å². The summed E-state index contributed by atoms with van der Waals surface area (Å²) >= 11 is 6.17. The molecule has 3 rings (SSSR count). The highest BCUT2D eigenvalue weighted by Crippen LogP contribution is 2.26. The number of nitrogens with zero attached hydrogens (tertiary/aromatic N) is 1. The van der Waals surface area contributed by atoms with E-state index in [1.165, 1.54) is 22.0 Å². The van der Waals surface area contributed by atoms with Crippen molar-refractivity contribution in [3.63, 3.8) is 0 Å². The van der Waals surface area contributed by atoms with Crippen molar-refractivity contribution in [3.05, 3.63) is 70.9 Å². The predicted molar refractivity (Wildman–Crippen MR) is 89.8 cm³/mol. The molecule has 2 aromatic carbocycles. The molecule has 1 atom stereocenters. The smallest absolute Gasteiger partial charge is 0.0501 e. The number of rotatable bonds is 4. The maximum absolute atomic E-state index is 6.17. The lowest BCUT2D eigenvalue weighted by molar-refractivity contribution is 0.735. The van der Waals surface area contributed by atoms with Crippen LogP contribution in [0.4, 0.5) is 0 Å². The third kappa shape index (κ3) is 3.12. The van der Waals surface area contributed by atoms with E-state index in [0.29, 0.717) is 0 Å². The SMILES string of the molecule is CC(N)Cc1cn(Cc2ccccc2)c2cc(Cl)ccc12. The van der Waals surface area contributed by atoms with Gasteiger partial charge in [-0.15, -0.1) is 0 Å². The van der Waals surface area contributed by atoms with Gasteiger partial charge in [0.1, 0.15) is 0 Å². The first kappa shape index (κ1) is 14.2. The number of hydrogen-bond donors (Lipinski definition) is 1. The highest BCUT2D eigenvalue weighted by Gasteiger charge is 2.10. The first-order chi connectivity index (χ1) is 10.1. The van der Waals surface area contributed by atoms with E-state index in [1.54, 1.807) is 0 Å². The molecule has 1 unspecified atom stereocenters. The van der Waals surface area contributed by atoms with E-state index in [1.807, 2.05) is 25.1 Å². The van der Waals surface area contributed by atoms with Crippen LogP contribution < -0.4 is 5.73 Å². The largest absolute Gasteiger partial charge is 0.343 e. The van der Waals surface area contributed by atoms with Crippen LogP contribution in [0.1, 0.15) is 18.1 Å². The summed E-state index contributed by atoms with van der Waals surface area (Å²) in [6, 6.07) is 16.7. The molecule has 0 saturated carbocycles. The van der Waals surface area contributed by atoms with Gasteiger partial charge in [-0.3, -0.25) is 0 Å². The minimum absolute atomic E-state index is 0.149. The molecule has 3 aromatic rings. The summed E-state index contributed by atoms with van der Waals surface area (Å²) in [4.78, 5) is 0. The van der Waals surface area contributed by atoms with Gasteiger partial charge in [0.25, 0.3) is 0 Å². The van der Waals surface area contributed by atoms with Crippen LogP contribution in [0.5, 0.6) is 0 Å². The Morgan fingerprint density at radius 3 is 2.62 bits per heavy atom. The molecule has 0 bridgehead atoms. The van der Waals surface area contributed by atoms with Crippen molar-refractivity contribution in [1.82, 2.24) is 4.57 Å². The Labute approximate surface area is 130 Å². The third-order valence-electron chi connectivity index (χ3n) is 3.66. The van der Waals surface area contributed by atoms with Gasteiger partial charge >= 0.3 is 0 Å². The molecule has 21 heavy (non-hydrogen) atoms. The van der Waals surface area contributed by atoms with Crippen molar-refractivity contribution in [1.29, 1.82) is 0 Å². The van der Waals surface area contributed by atoms with Gasteiger partial charge in [0.15, 0.2) is 0 Å². The standard InChI is InChI=1S/C18H19ClN2/c1-13(20)9-15-12-21(11-14-5-3-2-4-6-14)18-10-16(19)7-8-17(15)18/h2-8,10,12-13H,9,11,20H2,1H3. The van der Waals surface area contributed by atoms with Gasteiger partial charge in [-0.1, -0.05) is 48.0 Å². The average molecular weight is 299 g/mol. The lowest BCUT2D eigenvalue weighted by atomic mass is 10.1. The van der Waals surface area contributed by atoms with Crippen LogP contribution in [0.2, 0.25) is 5.02 Å². The summed E-state index contributed by atoms with van der Waals surface area (Å²) in [5, 5.41) is 2.01. The molecule has 2 N–H and O–H groups in total. The molecule has 108 valence electrons. The van der Waals surface area contributed by atoms with Crippen molar-refractivity contribution >= 4 is 22.5 Å². The first-order valence-corrected chi connectivity index (χ1v) is 7.58. The maximum Gasteiger partial charge on any atom is 0.0501 e. The molecule has 0 saturated heterocycles. The van der Waals surface area contributed by atoms with Crippen molar-refractivity contribution in [2.75, 3.05) is 0 Å². The Kier molecular flexibility index (Phi) is 4.00. The van der Waals surface area contributed by atoms with E-state index in [4.69, 9.17) is 17.3 Å². The van der Waals surface area contributed by atoms with Crippen molar-refractivity contribution < 1.29 is 0 Å². The summed E-state index contributed by atoms with van der Waals surface area (Å²) in [5.74, 6) is 0. The number of hydrogen-bond acceptors (Lipinski definition) is 1. The van der Waals surface area contributed by atoms with Gasteiger partial charge in [0.2, 0.25) is 0 Å². The van der Waals surface area contributed by atoms with Crippen molar-refractivity contribution in [2.24, 2.45) is 5.73 Å². The molecule has 0 aliphatic heterocycles. The minimum Gasteiger partial charge on any atom is -0.343 e. The fraction of sp³-hybridized carbons (Fsp3) is 0.222. The second-order valence-corrected chi connectivity index (χ2v) is 6.05.